The SMILES string of the molecule is Cc1c(F)cc(C#N)cc1NCc1csc([N+](=O)[O-])c1. The third-order valence-electron chi connectivity index (χ3n) is 2.78. The van der Waals surface area contributed by atoms with Crippen LogP contribution in [0.1, 0.15) is 16.7 Å². The zero-order valence-electron chi connectivity index (χ0n) is 10.5. The van der Waals surface area contributed by atoms with Crippen molar-refractivity contribution in [1.82, 2.24) is 0 Å². The Bertz CT molecular complexity index is 706. The summed E-state index contributed by atoms with van der Waals surface area (Å²) in [6.07, 6.45) is 0. The minimum absolute atomic E-state index is 0.0653. The Morgan fingerprint density at radius 1 is 1.50 bits per heavy atom. The van der Waals surface area contributed by atoms with E-state index in [0.717, 1.165) is 16.9 Å². The Morgan fingerprint density at radius 3 is 2.85 bits per heavy atom. The van der Waals surface area contributed by atoms with Crippen LogP contribution < -0.4 is 5.32 Å². The lowest BCUT2D eigenvalue weighted by Gasteiger charge is -2.09. The predicted octanol–water partition coefficient (Wildman–Crippen LogP) is 3.59. The summed E-state index contributed by atoms with van der Waals surface area (Å²) in [5.41, 5.74) is 1.89. The fraction of sp³-hybridized carbons (Fsp3) is 0.154. The molecular formula is C13H10FN3O2S. The van der Waals surface area contributed by atoms with Gasteiger partial charge in [0.25, 0.3) is 0 Å². The van der Waals surface area contributed by atoms with Crippen LogP contribution >= 0.6 is 11.3 Å². The van der Waals surface area contributed by atoms with Crippen molar-refractivity contribution in [3.8, 4) is 6.07 Å². The number of nitriles is 1. The van der Waals surface area contributed by atoms with E-state index >= 15 is 0 Å². The quantitative estimate of drug-likeness (QED) is 0.689. The van der Waals surface area contributed by atoms with Crippen LogP contribution in [0, 0.1) is 34.2 Å². The van der Waals surface area contributed by atoms with Crippen LogP contribution in [0.15, 0.2) is 23.6 Å². The molecule has 20 heavy (non-hydrogen) atoms. The van der Waals surface area contributed by atoms with E-state index in [9.17, 15) is 14.5 Å². The number of nitrogens with one attached hydrogen (secondary N) is 1. The second kappa shape index (κ2) is 5.67. The largest absolute Gasteiger partial charge is 0.381 e. The monoisotopic (exact) mass is 291 g/mol. The highest BCUT2D eigenvalue weighted by atomic mass is 32.1. The molecule has 0 saturated carbocycles. The lowest BCUT2D eigenvalue weighted by atomic mass is 10.1. The van der Waals surface area contributed by atoms with Gasteiger partial charge in [0, 0.05) is 29.2 Å². The molecule has 0 aliphatic rings. The number of thiophene rings is 1. The standard InChI is InChI=1S/C13H10FN3O2S/c1-8-11(14)2-9(5-15)3-12(8)16-6-10-4-13(17(18)19)20-7-10/h2-4,7,16H,6H2,1H3. The molecule has 0 saturated heterocycles. The highest BCUT2D eigenvalue weighted by molar-refractivity contribution is 7.13. The smallest absolute Gasteiger partial charge is 0.324 e. The maximum atomic E-state index is 13.6. The molecule has 2 aromatic rings. The first kappa shape index (κ1) is 14.0. The summed E-state index contributed by atoms with van der Waals surface area (Å²) in [6, 6.07) is 6.09. The average Bonchev–Trinajstić information content (AvgIpc) is 2.89. The van der Waals surface area contributed by atoms with E-state index < -0.39 is 10.7 Å². The van der Waals surface area contributed by atoms with E-state index in [-0.39, 0.29) is 10.6 Å². The van der Waals surface area contributed by atoms with Crippen LogP contribution in [-0.2, 0) is 6.54 Å². The summed E-state index contributed by atoms with van der Waals surface area (Å²) in [5, 5.41) is 24.1. The molecule has 5 nitrogen and oxygen atoms in total. The molecule has 0 aliphatic heterocycles. The molecule has 0 bridgehead atoms. The summed E-state index contributed by atoms with van der Waals surface area (Å²) in [6.45, 7) is 1.94. The highest BCUT2D eigenvalue weighted by Crippen LogP contribution is 2.25. The normalized spacial score (nSPS) is 10.1. The predicted molar refractivity (Wildman–Crippen MR) is 74.2 cm³/mol. The molecule has 0 atom stereocenters. The molecule has 0 aliphatic carbocycles. The van der Waals surface area contributed by atoms with Crippen molar-refractivity contribution in [3.63, 3.8) is 0 Å². The maximum absolute atomic E-state index is 13.6. The Morgan fingerprint density at radius 2 is 2.25 bits per heavy atom. The molecule has 0 spiro atoms. The third-order valence-corrected chi connectivity index (χ3v) is 3.71. The summed E-state index contributed by atoms with van der Waals surface area (Å²) in [7, 11) is 0. The zero-order valence-corrected chi connectivity index (χ0v) is 11.3. The lowest BCUT2D eigenvalue weighted by Crippen LogP contribution is -2.02. The van der Waals surface area contributed by atoms with E-state index in [0.29, 0.717) is 17.8 Å². The van der Waals surface area contributed by atoms with Gasteiger partial charge in [-0.1, -0.05) is 11.3 Å². The molecule has 0 radical (unpaired) electrons. The van der Waals surface area contributed by atoms with E-state index in [1.54, 1.807) is 18.4 Å². The maximum Gasteiger partial charge on any atom is 0.324 e. The topological polar surface area (TPSA) is 79.0 Å². The van der Waals surface area contributed by atoms with Crippen molar-refractivity contribution in [2.45, 2.75) is 13.5 Å². The minimum Gasteiger partial charge on any atom is -0.381 e. The van der Waals surface area contributed by atoms with Crippen LogP contribution in [0.2, 0.25) is 0 Å². The molecule has 2 rings (SSSR count). The Hall–Kier alpha value is -2.46. The van der Waals surface area contributed by atoms with Crippen molar-refractivity contribution in [3.05, 3.63) is 56.2 Å². The first-order valence-corrected chi connectivity index (χ1v) is 6.55. The summed E-state index contributed by atoms with van der Waals surface area (Å²) < 4.78 is 13.6. The lowest BCUT2D eigenvalue weighted by molar-refractivity contribution is -0.380. The number of nitrogens with zero attached hydrogens (tertiary/aromatic N) is 2. The van der Waals surface area contributed by atoms with Gasteiger partial charge < -0.3 is 5.32 Å². The third kappa shape index (κ3) is 2.92. The summed E-state index contributed by atoms with van der Waals surface area (Å²) >= 11 is 1.04. The molecule has 1 aromatic carbocycles. The molecular weight excluding hydrogens is 281 g/mol. The van der Waals surface area contributed by atoms with Crippen molar-refractivity contribution in [1.29, 1.82) is 5.26 Å². The van der Waals surface area contributed by atoms with E-state index in [1.165, 1.54) is 12.1 Å². The molecule has 1 heterocycles. The van der Waals surface area contributed by atoms with Crippen molar-refractivity contribution < 1.29 is 9.31 Å². The molecule has 7 heteroatoms. The summed E-state index contributed by atoms with van der Waals surface area (Å²) in [4.78, 5) is 10.1. The Labute approximate surface area is 118 Å². The van der Waals surface area contributed by atoms with Gasteiger partial charge in [-0.15, -0.1) is 0 Å². The van der Waals surface area contributed by atoms with Crippen molar-refractivity contribution in [2.75, 3.05) is 5.32 Å². The Balaban J connectivity index is 2.16. The van der Waals surface area contributed by atoms with Crippen LogP contribution in [0.4, 0.5) is 15.1 Å². The number of halogens is 1. The average molecular weight is 291 g/mol. The van der Waals surface area contributed by atoms with Gasteiger partial charge in [-0.2, -0.15) is 5.26 Å². The number of hydrogen-bond acceptors (Lipinski definition) is 5. The number of benzene rings is 1. The van der Waals surface area contributed by atoms with Crippen LogP contribution in [-0.4, -0.2) is 4.92 Å². The first-order chi connectivity index (χ1) is 9.51. The molecule has 0 amide bonds. The van der Waals surface area contributed by atoms with E-state index in [2.05, 4.69) is 5.32 Å². The molecule has 1 aromatic heterocycles. The van der Waals surface area contributed by atoms with Gasteiger partial charge in [-0.25, -0.2) is 4.39 Å². The van der Waals surface area contributed by atoms with Gasteiger partial charge in [0.1, 0.15) is 5.82 Å². The van der Waals surface area contributed by atoms with Crippen LogP contribution in [0.5, 0.6) is 0 Å². The van der Waals surface area contributed by atoms with Gasteiger partial charge in [-0.3, -0.25) is 10.1 Å². The molecule has 1 N–H and O–H groups in total. The van der Waals surface area contributed by atoms with Gasteiger partial charge in [0.05, 0.1) is 16.6 Å². The number of nitro groups is 1. The Kier molecular flexibility index (Phi) is 3.96. The van der Waals surface area contributed by atoms with Gasteiger partial charge in [-0.05, 0) is 24.6 Å². The van der Waals surface area contributed by atoms with Gasteiger partial charge in [0.15, 0.2) is 0 Å². The van der Waals surface area contributed by atoms with E-state index in [1.807, 2.05) is 6.07 Å². The van der Waals surface area contributed by atoms with Gasteiger partial charge in [0.2, 0.25) is 0 Å². The van der Waals surface area contributed by atoms with Gasteiger partial charge >= 0.3 is 5.00 Å². The number of anilines is 1. The fourth-order valence-electron chi connectivity index (χ4n) is 1.68. The molecule has 0 fully saturated rings. The number of rotatable bonds is 4. The van der Waals surface area contributed by atoms with E-state index in [4.69, 9.17) is 5.26 Å². The second-order valence-corrected chi connectivity index (χ2v) is 5.04. The summed E-state index contributed by atoms with van der Waals surface area (Å²) in [5.74, 6) is -0.456. The number of hydrogen-bond donors (Lipinski definition) is 1. The second-order valence-electron chi connectivity index (χ2n) is 4.15. The first-order valence-electron chi connectivity index (χ1n) is 5.67. The molecule has 102 valence electrons. The fourth-order valence-corrected chi connectivity index (χ4v) is 2.40. The zero-order chi connectivity index (χ0) is 14.7. The van der Waals surface area contributed by atoms with Crippen LogP contribution in [0.25, 0.3) is 0 Å². The molecule has 0 unspecified atom stereocenters. The van der Waals surface area contributed by atoms with Crippen molar-refractivity contribution >= 4 is 22.0 Å². The van der Waals surface area contributed by atoms with Crippen LogP contribution in [0.3, 0.4) is 0 Å². The highest BCUT2D eigenvalue weighted by Gasteiger charge is 2.11. The van der Waals surface area contributed by atoms with Crippen molar-refractivity contribution in [2.24, 2.45) is 0 Å². The minimum atomic E-state index is -0.456.